The molecule has 100 valence electrons. The molecule has 20 heavy (non-hydrogen) atoms. The molecule has 0 aliphatic rings. The molecule has 1 N–H and O–H groups in total. The highest BCUT2D eigenvalue weighted by atomic mass is 35.5. The van der Waals surface area contributed by atoms with Gasteiger partial charge in [-0.15, -0.1) is 10.2 Å². The second kappa shape index (κ2) is 5.75. The van der Waals surface area contributed by atoms with Crippen LogP contribution in [0.3, 0.4) is 0 Å². The summed E-state index contributed by atoms with van der Waals surface area (Å²) in [5.41, 5.74) is 1.80. The van der Waals surface area contributed by atoms with Crippen LogP contribution in [-0.4, -0.2) is 15.2 Å². The molecule has 0 aliphatic carbocycles. The van der Waals surface area contributed by atoms with Gasteiger partial charge in [0.25, 0.3) is 0 Å². The van der Waals surface area contributed by atoms with Crippen molar-refractivity contribution in [1.82, 2.24) is 15.2 Å². The van der Waals surface area contributed by atoms with Gasteiger partial charge in [0.05, 0.1) is 10.0 Å². The third-order valence-corrected chi connectivity index (χ3v) is 4.15. The summed E-state index contributed by atoms with van der Waals surface area (Å²) in [5.74, 6) is 0. The van der Waals surface area contributed by atoms with Gasteiger partial charge >= 0.3 is 0 Å². The Kier molecular flexibility index (Phi) is 3.82. The Labute approximate surface area is 129 Å². The van der Waals surface area contributed by atoms with Crippen molar-refractivity contribution in [3.63, 3.8) is 0 Å². The average Bonchev–Trinajstić information content (AvgIpc) is 2.92. The van der Waals surface area contributed by atoms with Crippen LogP contribution in [0.2, 0.25) is 10.0 Å². The Morgan fingerprint density at radius 3 is 2.50 bits per heavy atom. The van der Waals surface area contributed by atoms with Crippen LogP contribution in [0.5, 0.6) is 0 Å². The van der Waals surface area contributed by atoms with Crippen LogP contribution in [-0.2, 0) is 0 Å². The number of hydrogen-bond acceptors (Lipinski definition) is 5. The number of aromatic nitrogens is 3. The highest BCUT2D eigenvalue weighted by Crippen LogP contribution is 2.30. The zero-order valence-electron chi connectivity index (χ0n) is 10.0. The molecular weight excluding hydrogens is 315 g/mol. The number of halogens is 2. The predicted octanol–water partition coefficient (Wildman–Crippen LogP) is 4.65. The Hall–Kier alpha value is -1.69. The maximum Gasteiger partial charge on any atom is 0.210 e. The molecule has 0 saturated carbocycles. The molecule has 0 bridgehead atoms. The van der Waals surface area contributed by atoms with Crippen molar-refractivity contribution in [3.05, 3.63) is 52.8 Å². The highest BCUT2D eigenvalue weighted by molar-refractivity contribution is 7.18. The minimum absolute atomic E-state index is 0.496. The first kappa shape index (κ1) is 13.3. The van der Waals surface area contributed by atoms with Gasteiger partial charge in [0.15, 0.2) is 0 Å². The molecule has 2 heterocycles. The summed E-state index contributed by atoms with van der Waals surface area (Å²) in [6.45, 7) is 0. The van der Waals surface area contributed by atoms with Gasteiger partial charge in [-0.1, -0.05) is 34.5 Å². The lowest BCUT2D eigenvalue weighted by molar-refractivity contribution is 1.10. The number of nitrogens with zero attached hydrogens (tertiary/aromatic N) is 3. The first-order valence-corrected chi connectivity index (χ1v) is 7.25. The molecule has 0 aliphatic heterocycles. The van der Waals surface area contributed by atoms with E-state index in [1.807, 2.05) is 18.2 Å². The van der Waals surface area contributed by atoms with E-state index in [9.17, 15) is 0 Å². The topological polar surface area (TPSA) is 50.7 Å². The Bertz CT molecular complexity index is 730. The van der Waals surface area contributed by atoms with Crippen molar-refractivity contribution in [2.45, 2.75) is 0 Å². The molecule has 0 spiro atoms. The summed E-state index contributed by atoms with van der Waals surface area (Å²) in [6.07, 6.45) is 3.45. The lowest BCUT2D eigenvalue weighted by atomic mass is 10.3. The fraction of sp³-hybridized carbons (Fsp3) is 0. The van der Waals surface area contributed by atoms with E-state index in [1.165, 1.54) is 11.3 Å². The van der Waals surface area contributed by atoms with Gasteiger partial charge in [-0.3, -0.25) is 4.98 Å². The molecule has 2 aromatic heterocycles. The van der Waals surface area contributed by atoms with Gasteiger partial charge in [0, 0.05) is 23.6 Å². The molecule has 0 amide bonds. The van der Waals surface area contributed by atoms with Crippen LogP contribution in [0, 0.1) is 0 Å². The predicted molar refractivity (Wildman–Crippen MR) is 82.9 cm³/mol. The van der Waals surface area contributed by atoms with E-state index in [4.69, 9.17) is 23.2 Å². The molecule has 1 aromatic carbocycles. The van der Waals surface area contributed by atoms with E-state index in [0.717, 1.165) is 16.3 Å². The summed E-state index contributed by atoms with van der Waals surface area (Å²) < 4.78 is 0. The van der Waals surface area contributed by atoms with E-state index in [0.29, 0.717) is 15.2 Å². The summed E-state index contributed by atoms with van der Waals surface area (Å²) in [7, 11) is 0. The molecular formula is C13H8Cl2N4S. The molecule has 0 unspecified atom stereocenters. The van der Waals surface area contributed by atoms with Crippen molar-refractivity contribution in [2.24, 2.45) is 0 Å². The number of hydrogen-bond donors (Lipinski definition) is 1. The second-order valence-electron chi connectivity index (χ2n) is 3.90. The van der Waals surface area contributed by atoms with E-state index in [1.54, 1.807) is 24.5 Å². The number of anilines is 2. The highest BCUT2D eigenvalue weighted by Gasteiger charge is 2.07. The molecule has 0 fully saturated rings. The van der Waals surface area contributed by atoms with Gasteiger partial charge in [0.1, 0.15) is 5.01 Å². The monoisotopic (exact) mass is 322 g/mol. The van der Waals surface area contributed by atoms with Gasteiger partial charge in [-0.25, -0.2) is 0 Å². The minimum Gasteiger partial charge on any atom is -0.330 e. The molecule has 0 saturated heterocycles. The molecule has 3 rings (SSSR count). The quantitative estimate of drug-likeness (QED) is 0.762. The largest absolute Gasteiger partial charge is 0.330 e. The summed E-state index contributed by atoms with van der Waals surface area (Å²) in [6, 6.07) is 9.10. The third-order valence-electron chi connectivity index (χ3n) is 2.52. The SMILES string of the molecule is Clc1ccc(Nc2nnc(-c3ccncc3)s2)cc1Cl. The Morgan fingerprint density at radius 2 is 1.75 bits per heavy atom. The number of pyridine rings is 1. The van der Waals surface area contributed by atoms with Crippen LogP contribution in [0.4, 0.5) is 10.8 Å². The standard InChI is InChI=1S/C13H8Cl2N4S/c14-10-2-1-9(7-11(10)15)17-13-19-18-12(20-13)8-3-5-16-6-4-8/h1-7H,(H,17,19). The van der Waals surface area contributed by atoms with Gasteiger partial charge in [-0.05, 0) is 30.3 Å². The van der Waals surface area contributed by atoms with Gasteiger partial charge in [-0.2, -0.15) is 0 Å². The summed E-state index contributed by atoms with van der Waals surface area (Å²) >= 11 is 13.3. The van der Waals surface area contributed by atoms with Crippen LogP contribution in [0.15, 0.2) is 42.7 Å². The maximum absolute atomic E-state index is 5.97. The van der Waals surface area contributed by atoms with Crippen molar-refractivity contribution in [2.75, 3.05) is 5.32 Å². The normalized spacial score (nSPS) is 10.5. The van der Waals surface area contributed by atoms with Crippen LogP contribution in [0.25, 0.3) is 10.6 Å². The number of rotatable bonds is 3. The van der Waals surface area contributed by atoms with Crippen LogP contribution in [0.1, 0.15) is 0 Å². The zero-order chi connectivity index (χ0) is 13.9. The smallest absolute Gasteiger partial charge is 0.210 e. The van der Waals surface area contributed by atoms with Gasteiger partial charge < -0.3 is 5.32 Å². The molecule has 0 radical (unpaired) electrons. The second-order valence-corrected chi connectivity index (χ2v) is 5.69. The molecule has 0 atom stereocenters. The first-order chi connectivity index (χ1) is 9.72. The Balaban J connectivity index is 1.82. The molecule has 4 nitrogen and oxygen atoms in total. The maximum atomic E-state index is 5.97. The van der Waals surface area contributed by atoms with E-state index in [2.05, 4.69) is 20.5 Å². The molecule has 7 heteroatoms. The zero-order valence-corrected chi connectivity index (χ0v) is 12.4. The summed E-state index contributed by atoms with van der Waals surface area (Å²) in [5, 5.41) is 13.9. The summed E-state index contributed by atoms with van der Waals surface area (Å²) in [4.78, 5) is 3.98. The fourth-order valence-corrected chi connectivity index (χ4v) is 2.65. The van der Waals surface area contributed by atoms with Gasteiger partial charge in [0.2, 0.25) is 5.13 Å². The van der Waals surface area contributed by atoms with Crippen molar-refractivity contribution in [1.29, 1.82) is 0 Å². The first-order valence-electron chi connectivity index (χ1n) is 5.68. The van der Waals surface area contributed by atoms with Crippen molar-refractivity contribution >= 4 is 45.4 Å². The van der Waals surface area contributed by atoms with Crippen molar-refractivity contribution < 1.29 is 0 Å². The van der Waals surface area contributed by atoms with E-state index >= 15 is 0 Å². The Morgan fingerprint density at radius 1 is 0.950 bits per heavy atom. The lowest BCUT2D eigenvalue weighted by Gasteiger charge is -2.02. The van der Waals surface area contributed by atoms with E-state index in [-0.39, 0.29) is 0 Å². The minimum atomic E-state index is 0.496. The fourth-order valence-electron chi connectivity index (χ4n) is 1.58. The average molecular weight is 323 g/mol. The number of benzene rings is 1. The molecule has 3 aromatic rings. The third kappa shape index (κ3) is 2.90. The van der Waals surface area contributed by atoms with Crippen LogP contribution >= 0.6 is 34.5 Å². The van der Waals surface area contributed by atoms with Crippen LogP contribution < -0.4 is 5.32 Å². The number of nitrogens with one attached hydrogen (secondary N) is 1. The van der Waals surface area contributed by atoms with E-state index < -0.39 is 0 Å². The van der Waals surface area contributed by atoms with Crippen molar-refractivity contribution in [3.8, 4) is 10.6 Å². The lowest BCUT2D eigenvalue weighted by Crippen LogP contribution is -1.89.